The number of aromatic nitrogens is 1. The summed E-state index contributed by atoms with van der Waals surface area (Å²) >= 11 is 1.58. The summed E-state index contributed by atoms with van der Waals surface area (Å²) in [4.78, 5) is 19.0. The molecule has 0 N–H and O–H groups in total. The zero-order chi connectivity index (χ0) is 13.2. The van der Waals surface area contributed by atoms with Gasteiger partial charge in [0.25, 0.3) is 0 Å². The third kappa shape index (κ3) is 2.55. The number of fused-ring (bicyclic) bond motifs is 1. The third-order valence-electron chi connectivity index (χ3n) is 4.72. The zero-order valence-electron chi connectivity index (χ0n) is 11.6. The lowest BCUT2D eigenvalue weighted by Gasteiger charge is -2.41. The molecule has 0 bridgehead atoms. The van der Waals surface area contributed by atoms with Crippen LogP contribution in [0.5, 0.6) is 0 Å². The lowest BCUT2D eigenvalue weighted by atomic mass is 9.75. The molecule has 1 aliphatic carbocycles. The highest BCUT2D eigenvalue weighted by molar-refractivity contribution is 7.17. The molecule has 3 rings (SSSR count). The first-order valence-corrected chi connectivity index (χ1v) is 8.33. The van der Waals surface area contributed by atoms with E-state index in [0.29, 0.717) is 0 Å². The SMILES string of the molecule is CCc1nc(N2CCC3CCCCC3C2)sc1C=O. The van der Waals surface area contributed by atoms with E-state index in [9.17, 15) is 4.79 Å². The van der Waals surface area contributed by atoms with Crippen LogP contribution in [0, 0.1) is 11.8 Å². The normalized spacial score (nSPS) is 27.1. The fraction of sp³-hybridized carbons (Fsp3) is 0.733. The standard InChI is InChI=1S/C15H22N2OS/c1-2-13-14(10-18)19-15(16-13)17-8-7-11-5-3-4-6-12(11)9-17/h10-12H,2-9H2,1H3. The maximum atomic E-state index is 11.1. The molecule has 0 aromatic carbocycles. The Morgan fingerprint density at radius 3 is 2.79 bits per heavy atom. The molecule has 3 nitrogen and oxygen atoms in total. The van der Waals surface area contributed by atoms with Crippen molar-refractivity contribution in [2.24, 2.45) is 11.8 Å². The van der Waals surface area contributed by atoms with Gasteiger partial charge in [0.05, 0.1) is 10.6 Å². The number of carbonyl (C=O) groups is 1. The van der Waals surface area contributed by atoms with Crippen molar-refractivity contribution in [3.63, 3.8) is 0 Å². The molecule has 0 radical (unpaired) electrons. The van der Waals surface area contributed by atoms with E-state index in [4.69, 9.17) is 0 Å². The lowest BCUT2D eigenvalue weighted by Crippen LogP contribution is -2.41. The summed E-state index contributed by atoms with van der Waals surface area (Å²) in [7, 11) is 0. The Morgan fingerprint density at radius 1 is 1.32 bits per heavy atom. The third-order valence-corrected chi connectivity index (χ3v) is 5.80. The van der Waals surface area contributed by atoms with E-state index in [0.717, 1.165) is 53.3 Å². The summed E-state index contributed by atoms with van der Waals surface area (Å²) in [6.07, 6.45) is 8.75. The van der Waals surface area contributed by atoms with Crippen molar-refractivity contribution in [3.05, 3.63) is 10.6 Å². The van der Waals surface area contributed by atoms with E-state index in [1.54, 1.807) is 11.3 Å². The van der Waals surface area contributed by atoms with Gasteiger partial charge in [0.15, 0.2) is 11.4 Å². The van der Waals surface area contributed by atoms with E-state index in [-0.39, 0.29) is 0 Å². The molecule has 1 aromatic heterocycles. The van der Waals surface area contributed by atoms with Crippen molar-refractivity contribution < 1.29 is 4.79 Å². The highest BCUT2D eigenvalue weighted by Gasteiger charge is 2.32. The van der Waals surface area contributed by atoms with Crippen molar-refractivity contribution >= 4 is 22.8 Å². The first-order chi connectivity index (χ1) is 9.31. The van der Waals surface area contributed by atoms with Crippen LogP contribution in [0.3, 0.4) is 0 Å². The van der Waals surface area contributed by atoms with Crippen molar-refractivity contribution in [1.29, 1.82) is 0 Å². The van der Waals surface area contributed by atoms with Crippen molar-refractivity contribution in [2.75, 3.05) is 18.0 Å². The predicted molar refractivity (Wildman–Crippen MR) is 79.2 cm³/mol. The Balaban J connectivity index is 1.75. The summed E-state index contributed by atoms with van der Waals surface area (Å²) < 4.78 is 0. The van der Waals surface area contributed by atoms with Crippen LogP contribution in [0.15, 0.2) is 0 Å². The average Bonchev–Trinajstić information content (AvgIpc) is 2.90. The second-order valence-electron chi connectivity index (χ2n) is 5.82. The number of hydrogen-bond donors (Lipinski definition) is 0. The van der Waals surface area contributed by atoms with E-state index >= 15 is 0 Å². The molecule has 19 heavy (non-hydrogen) atoms. The molecule has 0 spiro atoms. The van der Waals surface area contributed by atoms with Gasteiger partial charge in [-0.25, -0.2) is 4.98 Å². The molecule has 1 aliphatic heterocycles. The number of aldehydes is 1. The first-order valence-electron chi connectivity index (χ1n) is 7.51. The lowest BCUT2D eigenvalue weighted by molar-refractivity contribution is 0.112. The molecule has 4 heteroatoms. The summed E-state index contributed by atoms with van der Waals surface area (Å²) in [5.74, 6) is 1.80. The monoisotopic (exact) mass is 278 g/mol. The van der Waals surface area contributed by atoms with Gasteiger partial charge in [-0.15, -0.1) is 0 Å². The summed E-state index contributed by atoms with van der Waals surface area (Å²) in [5, 5.41) is 1.07. The fourth-order valence-corrected chi connectivity index (χ4v) is 4.61. The van der Waals surface area contributed by atoms with Crippen LogP contribution < -0.4 is 4.90 Å². The van der Waals surface area contributed by atoms with Crippen LogP contribution in [0.4, 0.5) is 5.13 Å². The molecule has 2 aliphatic rings. The molecule has 1 aromatic rings. The Bertz CT molecular complexity index is 457. The van der Waals surface area contributed by atoms with Crippen LogP contribution >= 0.6 is 11.3 Å². The average molecular weight is 278 g/mol. The number of piperidine rings is 1. The number of thiazole rings is 1. The molecule has 2 atom stereocenters. The van der Waals surface area contributed by atoms with Gasteiger partial charge in [0.2, 0.25) is 0 Å². The number of rotatable bonds is 3. The highest BCUT2D eigenvalue weighted by Crippen LogP contribution is 2.38. The van der Waals surface area contributed by atoms with Gasteiger partial charge in [0.1, 0.15) is 0 Å². The van der Waals surface area contributed by atoms with Gasteiger partial charge in [0, 0.05) is 13.1 Å². The zero-order valence-corrected chi connectivity index (χ0v) is 12.4. The largest absolute Gasteiger partial charge is 0.348 e. The minimum Gasteiger partial charge on any atom is -0.348 e. The Hall–Kier alpha value is -0.900. The number of nitrogens with zero attached hydrogens (tertiary/aromatic N) is 2. The minimum atomic E-state index is 0.822. The molecule has 104 valence electrons. The smallest absolute Gasteiger partial charge is 0.186 e. The quantitative estimate of drug-likeness (QED) is 0.793. The van der Waals surface area contributed by atoms with E-state index < -0.39 is 0 Å². The number of aryl methyl sites for hydroxylation is 1. The van der Waals surface area contributed by atoms with Gasteiger partial charge >= 0.3 is 0 Å². The van der Waals surface area contributed by atoms with E-state index in [1.807, 2.05) is 0 Å². The number of hydrogen-bond acceptors (Lipinski definition) is 4. The Labute approximate surface area is 119 Å². The number of anilines is 1. The molecular formula is C15H22N2OS. The fourth-order valence-electron chi connectivity index (χ4n) is 3.61. The summed E-state index contributed by atoms with van der Waals surface area (Å²) in [5.41, 5.74) is 0.973. The minimum absolute atomic E-state index is 0.822. The van der Waals surface area contributed by atoms with Crippen LogP contribution in [0.2, 0.25) is 0 Å². The maximum absolute atomic E-state index is 11.1. The highest BCUT2D eigenvalue weighted by atomic mass is 32.1. The number of carbonyl (C=O) groups excluding carboxylic acids is 1. The molecule has 2 heterocycles. The van der Waals surface area contributed by atoms with Crippen LogP contribution in [0.25, 0.3) is 0 Å². The Kier molecular flexibility index (Phi) is 3.87. The molecule has 1 saturated carbocycles. The molecule has 0 amide bonds. The predicted octanol–water partition coefficient (Wildman–Crippen LogP) is 3.53. The van der Waals surface area contributed by atoms with Gasteiger partial charge in [-0.1, -0.05) is 37.5 Å². The topological polar surface area (TPSA) is 33.2 Å². The molecule has 2 unspecified atom stereocenters. The van der Waals surface area contributed by atoms with Gasteiger partial charge in [-0.2, -0.15) is 0 Å². The van der Waals surface area contributed by atoms with Crippen LogP contribution in [0.1, 0.15) is 54.4 Å². The second-order valence-corrected chi connectivity index (χ2v) is 6.83. The van der Waals surface area contributed by atoms with Crippen molar-refractivity contribution in [2.45, 2.75) is 45.4 Å². The summed E-state index contributed by atoms with van der Waals surface area (Å²) in [6, 6.07) is 0. The van der Waals surface area contributed by atoms with Crippen LogP contribution in [-0.4, -0.2) is 24.4 Å². The first kappa shape index (κ1) is 13.1. The van der Waals surface area contributed by atoms with Crippen LogP contribution in [-0.2, 0) is 6.42 Å². The summed E-state index contributed by atoms with van der Waals surface area (Å²) in [6.45, 7) is 4.34. The van der Waals surface area contributed by atoms with Gasteiger partial charge < -0.3 is 4.90 Å². The second kappa shape index (κ2) is 5.61. The van der Waals surface area contributed by atoms with Crippen molar-refractivity contribution in [1.82, 2.24) is 4.98 Å². The van der Waals surface area contributed by atoms with Gasteiger partial charge in [-0.05, 0) is 31.1 Å². The van der Waals surface area contributed by atoms with E-state index in [1.165, 1.54) is 32.1 Å². The molecule has 2 fully saturated rings. The molecular weight excluding hydrogens is 256 g/mol. The van der Waals surface area contributed by atoms with Crippen molar-refractivity contribution in [3.8, 4) is 0 Å². The van der Waals surface area contributed by atoms with E-state index in [2.05, 4.69) is 16.8 Å². The van der Waals surface area contributed by atoms with Gasteiger partial charge in [-0.3, -0.25) is 4.79 Å². The molecule has 1 saturated heterocycles. The Morgan fingerprint density at radius 2 is 2.11 bits per heavy atom. The maximum Gasteiger partial charge on any atom is 0.186 e.